The molecule has 0 atom stereocenters. The van der Waals surface area contributed by atoms with Crippen molar-refractivity contribution in [1.82, 2.24) is 5.32 Å². The van der Waals surface area contributed by atoms with Crippen molar-refractivity contribution in [1.29, 1.82) is 0 Å². The van der Waals surface area contributed by atoms with Crippen molar-refractivity contribution >= 4 is 5.69 Å². The molecule has 0 spiro atoms. The van der Waals surface area contributed by atoms with Crippen LogP contribution in [0.1, 0.15) is 11.1 Å². The van der Waals surface area contributed by atoms with Gasteiger partial charge in [0.15, 0.2) is 0 Å². The van der Waals surface area contributed by atoms with E-state index in [4.69, 9.17) is 4.74 Å². The summed E-state index contributed by atoms with van der Waals surface area (Å²) in [6.45, 7) is 2.56. The van der Waals surface area contributed by atoms with E-state index in [0.29, 0.717) is 11.5 Å². The monoisotopic (exact) mass is 272 g/mol. The molecule has 2 aromatic rings. The van der Waals surface area contributed by atoms with Crippen molar-refractivity contribution in [2.45, 2.75) is 13.5 Å². The summed E-state index contributed by atoms with van der Waals surface area (Å²) in [6, 6.07) is 12.4. The number of nitro groups is 1. The molecule has 0 unspecified atom stereocenters. The topological polar surface area (TPSA) is 64.4 Å². The van der Waals surface area contributed by atoms with Gasteiger partial charge in [0.25, 0.3) is 0 Å². The summed E-state index contributed by atoms with van der Waals surface area (Å²) in [5, 5.41) is 14.1. The van der Waals surface area contributed by atoms with Gasteiger partial charge in [0, 0.05) is 12.6 Å². The van der Waals surface area contributed by atoms with Crippen molar-refractivity contribution in [2.75, 3.05) is 7.05 Å². The lowest BCUT2D eigenvalue weighted by Crippen LogP contribution is -2.04. The minimum Gasteiger partial charge on any atom is -0.450 e. The van der Waals surface area contributed by atoms with Gasteiger partial charge in [-0.15, -0.1) is 0 Å². The fourth-order valence-corrected chi connectivity index (χ4v) is 1.91. The Bertz CT molecular complexity index is 609. The summed E-state index contributed by atoms with van der Waals surface area (Å²) in [5.74, 6) is 0.876. The summed E-state index contributed by atoms with van der Waals surface area (Å²) in [6.07, 6.45) is 0. The minimum absolute atomic E-state index is 0.0238. The minimum atomic E-state index is -0.433. The standard InChI is InChI=1S/C15H16N2O3/c1-11-4-3-5-14(17(18)19)15(11)20-13-8-6-12(7-9-13)10-16-2/h3-9,16H,10H2,1-2H3. The van der Waals surface area contributed by atoms with Crippen molar-refractivity contribution in [3.63, 3.8) is 0 Å². The van der Waals surface area contributed by atoms with Crippen molar-refractivity contribution < 1.29 is 9.66 Å². The van der Waals surface area contributed by atoms with Crippen LogP contribution in [0.2, 0.25) is 0 Å². The van der Waals surface area contributed by atoms with Gasteiger partial charge in [0.2, 0.25) is 5.75 Å². The second kappa shape index (κ2) is 6.16. The first-order chi connectivity index (χ1) is 9.61. The van der Waals surface area contributed by atoms with Crippen LogP contribution in [-0.2, 0) is 6.54 Å². The number of rotatable bonds is 5. The van der Waals surface area contributed by atoms with Gasteiger partial charge < -0.3 is 10.1 Å². The molecule has 0 saturated heterocycles. The molecule has 0 heterocycles. The van der Waals surface area contributed by atoms with Crippen LogP contribution in [0.4, 0.5) is 5.69 Å². The second-order valence-corrected chi connectivity index (χ2v) is 4.46. The van der Waals surface area contributed by atoms with E-state index in [1.54, 1.807) is 19.1 Å². The van der Waals surface area contributed by atoms with E-state index < -0.39 is 4.92 Å². The van der Waals surface area contributed by atoms with E-state index in [9.17, 15) is 10.1 Å². The Morgan fingerprint density at radius 2 is 1.90 bits per heavy atom. The van der Waals surface area contributed by atoms with E-state index in [1.807, 2.05) is 31.3 Å². The summed E-state index contributed by atoms with van der Waals surface area (Å²) in [4.78, 5) is 10.6. The molecular weight excluding hydrogens is 256 g/mol. The lowest BCUT2D eigenvalue weighted by Gasteiger charge is -2.09. The number of para-hydroxylation sites is 1. The molecule has 0 fully saturated rings. The smallest absolute Gasteiger partial charge is 0.311 e. The molecule has 0 radical (unpaired) electrons. The van der Waals surface area contributed by atoms with Gasteiger partial charge in [0.05, 0.1) is 4.92 Å². The van der Waals surface area contributed by atoms with Crippen molar-refractivity contribution in [3.05, 3.63) is 63.7 Å². The third-order valence-electron chi connectivity index (χ3n) is 2.91. The summed E-state index contributed by atoms with van der Waals surface area (Å²) in [5.41, 5.74) is 1.84. The van der Waals surface area contributed by atoms with E-state index in [1.165, 1.54) is 6.07 Å². The van der Waals surface area contributed by atoms with Gasteiger partial charge in [-0.05, 0) is 37.2 Å². The first-order valence-electron chi connectivity index (χ1n) is 6.27. The molecule has 0 aromatic heterocycles. The summed E-state index contributed by atoms with van der Waals surface area (Å²) >= 11 is 0. The molecule has 5 heteroatoms. The maximum absolute atomic E-state index is 11.0. The number of nitro benzene ring substituents is 1. The lowest BCUT2D eigenvalue weighted by atomic mass is 10.2. The molecule has 0 amide bonds. The molecule has 0 aliphatic carbocycles. The maximum Gasteiger partial charge on any atom is 0.311 e. The zero-order valence-corrected chi connectivity index (χ0v) is 11.4. The number of aryl methyl sites for hydroxylation is 1. The molecule has 2 aromatic carbocycles. The van der Waals surface area contributed by atoms with Gasteiger partial charge in [0.1, 0.15) is 5.75 Å². The third-order valence-corrected chi connectivity index (χ3v) is 2.91. The van der Waals surface area contributed by atoms with Gasteiger partial charge in [-0.2, -0.15) is 0 Å². The first kappa shape index (κ1) is 14.0. The summed E-state index contributed by atoms with van der Waals surface area (Å²) < 4.78 is 5.67. The molecule has 20 heavy (non-hydrogen) atoms. The number of hydrogen-bond acceptors (Lipinski definition) is 4. The predicted octanol–water partition coefficient (Wildman–Crippen LogP) is 3.41. The highest BCUT2D eigenvalue weighted by atomic mass is 16.6. The zero-order valence-electron chi connectivity index (χ0n) is 11.4. The van der Waals surface area contributed by atoms with Gasteiger partial charge >= 0.3 is 5.69 Å². The van der Waals surface area contributed by atoms with Crippen LogP contribution in [-0.4, -0.2) is 12.0 Å². The van der Waals surface area contributed by atoms with Gasteiger partial charge in [-0.1, -0.05) is 24.3 Å². The van der Waals surface area contributed by atoms with Crippen LogP contribution in [0.3, 0.4) is 0 Å². The lowest BCUT2D eigenvalue weighted by molar-refractivity contribution is -0.385. The van der Waals surface area contributed by atoms with Crippen LogP contribution < -0.4 is 10.1 Å². The Balaban J connectivity index is 2.27. The number of hydrogen-bond donors (Lipinski definition) is 1. The Labute approximate surface area is 117 Å². The average Bonchev–Trinajstić information content (AvgIpc) is 2.43. The summed E-state index contributed by atoms with van der Waals surface area (Å²) in [7, 11) is 1.88. The average molecular weight is 272 g/mol. The quantitative estimate of drug-likeness (QED) is 0.669. The zero-order chi connectivity index (χ0) is 14.5. The number of nitrogens with zero attached hydrogens (tertiary/aromatic N) is 1. The molecule has 0 aliphatic heterocycles. The molecule has 104 valence electrons. The Kier molecular flexibility index (Phi) is 4.32. The Morgan fingerprint density at radius 3 is 2.50 bits per heavy atom. The number of ether oxygens (including phenoxy) is 1. The Morgan fingerprint density at radius 1 is 1.20 bits per heavy atom. The van der Waals surface area contributed by atoms with Gasteiger partial charge in [-0.25, -0.2) is 0 Å². The van der Waals surface area contributed by atoms with E-state index in [-0.39, 0.29) is 5.69 Å². The largest absolute Gasteiger partial charge is 0.450 e. The Hall–Kier alpha value is -2.40. The number of benzene rings is 2. The highest BCUT2D eigenvalue weighted by Crippen LogP contribution is 2.34. The highest BCUT2D eigenvalue weighted by Gasteiger charge is 2.17. The fraction of sp³-hybridized carbons (Fsp3) is 0.200. The van der Waals surface area contributed by atoms with Crippen LogP contribution >= 0.6 is 0 Å². The molecule has 0 saturated carbocycles. The third kappa shape index (κ3) is 3.13. The van der Waals surface area contributed by atoms with E-state index >= 15 is 0 Å². The second-order valence-electron chi connectivity index (χ2n) is 4.46. The van der Waals surface area contributed by atoms with E-state index in [0.717, 1.165) is 17.7 Å². The van der Waals surface area contributed by atoms with Crippen LogP contribution in [0.25, 0.3) is 0 Å². The normalized spacial score (nSPS) is 10.3. The molecule has 5 nitrogen and oxygen atoms in total. The highest BCUT2D eigenvalue weighted by molar-refractivity contribution is 5.53. The molecule has 0 aliphatic rings. The van der Waals surface area contributed by atoms with Gasteiger partial charge in [-0.3, -0.25) is 10.1 Å². The maximum atomic E-state index is 11.0. The molecular formula is C15H16N2O3. The van der Waals surface area contributed by atoms with Crippen LogP contribution in [0.15, 0.2) is 42.5 Å². The van der Waals surface area contributed by atoms with Crippen molar-refractivity contribution in [2.24, 2.45) is 0 Å². The molecule has 2 rings (SSSR count). The fourth-order valence-electron chi connectivity index (χ4n) is 1.91. The van der Waals surface area contributed by atoms with E-state index in [2.05, 4.69) is 5.32 Å². The molecule has 1 N–H and O–H groups in total. The SMILES string of the molecule is CNCc1ccc(Oc2c(C)cccc2[N+](=O)[O-])cc1. The number of nitrogens with one attached hydrogen (secondary N) is 1. The molecule has 0 bridgehead atoms. The predicted molar refractivity (Wildman–Crippen MR) is 77.1 cm³/mol. The van der Waals surface area contributed by atoms with Crippen molar-refractivity contribution in [3.8, 4) is 11.5 Å². The van der Waals surface area contributed by atoms with Crippen LogP contribution in [0.5, 0.6) is 11.5 Å². The van der Waals surface area contributed by atoms with Crippen LogP contribution in [0, 0.1) is 17.0 Å². The first-order valence-corrected chi connectivity index (χ1v) is 6.27.